The van der Waals surface area contributed by atoms with Crippen LogP contribution in [0.3, 0.4) is 0 Å². The van der Waals surface area contributed by atoms with Crippen molar-refractivity contribution in [3.05, 3.63) is 52.9 Å². The summed E-state index contributed by atoms with van der Waals surface area (Å²) >= 11 is 0. The van der Waals surface area contributed by atoms with Gasteiger partial charge in [0.05, 0.1) is 6.04 Å². The van der Waals surface area contributed by atoms with Crippen LogP contribution in [0.2, 0.25) is 0 Å². The van der Waals surface area contributed by atoms with Gasteiger partial charge in [0.1, 0.15) is 5.76 Å². The first-order valence-electron chi connectivity index (χ1n) is 9.47. The highest BCUT2D eigenvalue weighted by atomic mass is 16.5. The molecule has 5 nitrogen and oxygen atoms in total. The van der Waals surface area contributed by atoms with Gasteiger partial charge in [-0.2, -0.15) is 0 Å². The zero-order valence-corrected chi connectivity index (χ0v) is 16.2. The third kappa shape index (κ3) is 4.15. The van der Waals surface area contributed by atoms with E-state index in [1.807, 2.05) is 18.7 Å². The van der Waals surface area contributed by atoms with Crippen LogP contribution in [-0.4, -0.2) is 41.5 Å². The van der Waals surface area contributed by atoms with E-state index >= 15 is 0 Å². The summed E-state index contributed by atoms with van der Waals surface area (Å²) in [4.78, 5) is 17.1. The Morgan fingerprint density at radius 1 is 1.27 bits per heavy atom. The second-order valence-electron chi connectivity index (χ2n) is 7.76. The van der Waals surface area contributed by atoms with Crippen molar-refractivity contribution < 1.29 is 9.32 Å². The van der Waals surface area contributed by atoms with Crippen LogP contribution in [0.25, 0.3) is 0 Å². The Kier molecular flexibility index (Phi) is 5.77. The van der Waals surface area contributed by atoms with Crippen molar-refractivity contribution in [1.29, 1.82) is 0 Å². The van der Waals surface area contributed by atoms with Gasteiger partial charge in [0.2, 0.25) is 0 Å². The number of rotatable bonds is 5. The molecule has 0 bridgehead atoms. The van der Waals surface area contributed by atoms with Crippen LogP contribution < -0.4 is 0 Å². The Morgan fingerprint density at radius 3 is 2.62 bits per heavy atom. The van der Waals surface area contributed by atoms with E-state index in [0.29, 0.717) is 5.69 Å². The van der Waals surface area contributed by atoms with Gasteiger partial charge < -0.3 is 14.3 Å². The standard InChI is InChI=1S/C21H29N3O2/c1-15(2)20-13-18(22-26-20)21(25)24-12-6-5-7-19(24)17-10-8-16(9-11-17)14-23(3)4/h8-11,13,15,19H,5-7,12,14H2,1-4H3/t19-/m0/s1. The van der Waals surface area contributed by atoms with Gasteiger partial charge in [0.25, 0.3) is 5.91 Å². The summed E-state index contributed by atoms with van der Waals surface area (Å²) in [7, 11) is 4.14. The number of likely N-dealkylation sites (tertiary alicyclic amines) is 1. The molecule has 0 N–H and O–H groups in total. The fraction of sp³-hybridized carbons (Fsp3) is 0.524. The first-order valence-corrected chi connectivity index (χ1v) is 9.47. The molecule has 1 fully saturated rings. The van der Waals surface area contributed by atoms with Gasteiger partial charge in [-0.25, -0.2) is 0 Å². The second-order valence-corrected chi connectivity index (χ2v) is 7.76. The van der Waals surface area contributed by atoms with Crippen LogP contribution in [0.15, 0.2) is 34.9 Å². The predicted octanol–water partition coefficient (Wildman–Crippen LogP) is 4.23. The van der Waals surface area contributed by atoms with Crippen LogP contribution in [0.1, 0.15) is 72.4 Å². The minimum atomic E-state index is -0.0253. The first kappa shape index (κ1) is 18.6. The molecule has 2 aromatic rings. The van der Waals surface area contributed by atoms with Gasteiger partial charge in [0.15, 0.2) is 5.69 Å². The molecule has 1 amide bonds. The summed E-state index contributed by atoms with van der Waals surface area (Å²) in [5.74, 6) is 0.961. The van der Waals surface area contributed by atoms with Crippen molar-refractivity contribution >= 4 is 5.91 Å². The third-order valence-corrected chi connectivity index (χ3v) is 4.94. The zero-order chi connectivity index (χ0) is 18.7. The molecule has 0 aliphatic carbocycles. The Balaban J connectivity index is 1.79. The summed E-state index contributed by atoms with van der Waals surface area (Å²) in [5, 5.41) is 4.02. The Hall–Kier alpha value is -2.14. The van der Waals surface area contributed by atoms with Crippen LogP contribution in [-0.2, 0) is 6.54 Å². The number of nitrogens with zero attached hydrogens (tertiary/aromatic N) is 3. The second kappa shape index (κ2) is 8.04. The molecular formula is C21H29N3O2. The van der Waals surface area contributed by atoms with E-state index in [-0.39, 0.29) is 17.9 Å². The Labute approximate surface area is 156 Å². The van der Waals surface area contributed by atoms with Gasteiger partial charge in [0, 0.05) is 25.1 Å². The van der Waals surface area contributed by atoms with E-state index < -0.39 is 0 Å². The number of aromatic nitrogens is 1. The minimum Gasteiger partial charge on any atom is -0.360 e. The van der Waals surface area contributed by atoms with Gasteiger partial charge in [-0.15, -0.1) is 0 Å². The number of carbonyl (C=O) groups excluding carboxylic acids is 1. The smallest absolute Gasteiger partial charge is 0.276 e. The molecule has 5 heteroatoms. The molecule has 1 aliphatic rings. The molecule has 1 aromatic heterocycles. The fourth-order valence-corrected chi connectivity index (χ4v) is 3.54. The third-order valence-electron chi connectivity index (χ3n) is 4.94. The molecule has 2 heterocycles. The van der Waals surface area contributed by atoms with Crippen LogP contribution >= 0.6 is 0 Å². The van der Waals surface area contributed by atoms with Crippen molar-refractivity contribution in [2.24, 2.45) is 0 Å². The van der Waals surface area contributed by atoms with E-state index in [2.05, 4.69) is 48.4 Å². The molecule has 3 rings (SSSR count). The minimum absolute atomic E-state index is 0.0253. The lowest BCUT2D eigenvalue weighted by Gasteiger charge is -2.35. The number of hydrogen-bond donors (Lipinski definition) is 0. The molecule has 140 valence electrons. The number of hydrogen-bond acceptors (Lipinski definition) is 4. The maximum absolute atomic E-state index is 13.0. The monoisotopic (exact) mass is 355 g/mol. The SMILES string of the molecule is CC(C)c1cc(C(=O)N2CCCC[C@H]2c2ccc(CN(C)C)cc2)no1. The molecule has 0 unspecified atom stereocenters. The lowest BCUT2D eigenvalue weighted by molar-refractivity contribution is 0.0601. The predicted molar refractivity (Wildman–Crippen MR) is 102 cm³/mol. The number of amides is 1. The highest BCUT2D eigenvalue weighted by molar-refractivity contribution is 5.92. The summed E-state index contributed by atoms with van der Waals surface area (Å²) in [6.07, 6.45) is 3.17. The molecule has 1 saturated heterocycles. The average Bonchev–Trinajstić information content (AvgIpc) is 3.12. The molecular weight excluding hydrogens is 326 g/mol. The number of benzene rings is 1. The highest BCUT2D eigenvalue weighted by Gasteiger charge is 2.30. The first-order chi connectivity index (χ1) is 12.5. The Morgan fingerprint density at radius 2 is 2.00 bits per heavy atom. The molecule has 0 spiro atoms. The van der Waals surface area contributed by atoms with Gasteiger partial charge in [-0.3, -0.25) is 4.79 Å². The molecule has 0 saturated carbocycles. The highest BCUT2D eigenvalue weighted by Crippen LogP contribution is 2.32. The van der Waals surface area contributed by atoms with Gasteiger partial charge in [-0.1, -0.05) is 43.3 Å². The van der Waals surface area contributed by atoms with Gasteiger partial charge >= 0.3 is 0 Å². The Bertz CT molecular complexity index is 734. The van der Waals surface area contributed by atoms with E-state index in [1.54, 1.807) is 6.07 Å². The van der Waals surface area contributed by atoms with Crippen LogP contribution in [0.4, 0.5) is 0 Å². The molecule has 1 aromatic carbocycles. The van der Waals surface area contributed by atoms with Gasteiger partial charge in [-0.05, 0) is 44.5 Å². The molecule has 26 heavy (non-hydrogen) atoms. The van der Waals surface area contributed by atoms with E-state index in [9.17, 15) is 4.79 Å². The maximum Gasteiger partial charge on any atom is 0.276 e. The summed E-state index contributed by atoms with van der Waals surface area (Å²) in [6, 6.07) is 10.6. The van der Waals surface area contributed by atoms with E-state index in [4.69, 9.17) is 4.52 Å². The summed E-state index contributed by atoms with van der Waals surface area (Å²) < 4.78 is 5.33. The maximum atomic E-state index is 13.0. The van der Waals surface area contributed by atoms with Crippen molar-refractivity contribution in [2.75, 3.05) is 20.6 Å². The van der Waals surface area contributed by atoms with Crippen molar-refractivity contribution in [1.82, 2.24) is 15.0 Å². The quantitative estimate of drug-likeness (QED) is 0.805. The lowest BCUT2D eigenvalue weighted by Crippen LogP contribution is -2.38. The van der Waals surface area contributed by atoms with E-state index in [1.165, 1.54) is 11.1 Å². The molecule has 1 aliphatic heterocycles. The molecule has 0 radical (unpaired) electrons. The lowest BCUT2D eigenvalue weighted by atomic mass is 9.94. The summed E-state index contributed by atoms with van der Waals surface area (Å²) in [6.45, 7) is 5.76. The van der Waals surface area contributed by atoms with Crippen molar-refractivity contribution in [3.8, 4) is 0 Å². The number of carbonyl (C=O) groups is 1. The average molecular weight is 355 g/mol. The van der Waals surface area contributed by atoms with Crippen molar-refractivity contribution in [2.45, 2.75) is 51.6 Å². The largest absolute Gasteiger partial charge is 0.360 e. The molecule has 1 atom stereocenters. The zero-order valence-electron chi connectivity index (χ0n) is 16.2. The summed E-state index contributed by atoms with van der Waals surface area (Å²) in [5.41, 5.74) is 2.91. The topological polar surface area (TPSA) is 49.6 Å². The normalized spacial score (nSPS) is 17.9. The van der Waals surface area contributed by atoms with Crippen LogP contribution in [0, 0.1) is 0 Å². The fourth-order valence-electron chi connectivity index (χ4n) is 3.54. The van der Waals surface area contributed by atoms with Crippen LogP contribution in [0.5, 0.6) is 0 Å². The van der Waals surface area contributed by atoms with E-state index in [0.717, 1.165) is 38.1 Å². The van der Waals surface area contributed by atoms with Crippen molar-refractivity contribution in [3.63, 3.8) is 0 Å². The number of piperidine rings is 1.